The number of hydrogen-bond acceptors (Lipinski definition) is 9. The molecule has 0 N–H and O–H groups in total. The van der Waals surface area contributed by atoms with Crippen LogP contribution in [-0.4, -0.2) is 64.0 Å². The SMILES string of the molecule is COC(=O)C1N(C(=O)OC(C)OC(=O)CCCC[C@H]2CCSS2)CSC1(C)C. The van der Waals surface area contributed by atoms with Gasteiger partial charge in [0, 0.05) is 29.1 Å². The summed E-state index contributed by atoms with van der Waals surface area (Å²) >= 11 is 1.47. The molecule has 1 amide bonds. The first-order chi connectivity index (χ1) is 13.2. The Morgan fingerprint density at radius 3 is 2.61 bits per heavy atom. The lowest BCUT2D eigenvalue weighted by Crippen LogP contribution is -2.50. The normalized spacial score (nSPS) is 24.6. The van der Waals surface area contributed by atoms with Crippen LogP contribution in [0.15, 0.2) is 0 Å². The minimum Gasteiger partial charge on any atom is -0.467 e. The molecule has 0 aliphatic carbocycles. The topological polar surface area (TPSA) is 82.1 Å². The van der Waals surface area contributed by atoms with Crippen LogP contribution in [-0.2, 0) is 23.8 Å². The number of thioether (sulfide) groups is 1. The van der Waals surface area contributed by atoms with Crippen LogP contribution in [0.1, 0.15) is 52.9 Å². The lowest BCUT2D eigenvalue weighted by Gasteiger charge is -2.29. The van der Waals surface area contributed by atoms with Crippen molar-refractivity contribution < 1.29 is 28.6 Å². The van der Waals surface area contributed by atoms with Crippen LogP contribution in [0.2, 0.25) is 0 Å². The predicted molar refractivity (Wildman–Crippen MR) is 113 cm³/mol. The van der Waals surface area contributed by atoms with Gasteiger partial charge in [0.1, 0.15) is 6.04 Å². The number of carbonyl (C=O) groups excluding carboxylic acids is 3. The predicted octanol–water partition coefficient (Wildman–Crippen LogP) is 4.05. The molecule has 0 aromatic carbocycles. The van der Waals surface area contributed by atoms with E-state index in [0.717, 1.165) is 19.3 Å². The Bertz CT molecular complexity index is 568. The number of esters is 2. The Hall–Kier alpha value is -0.740. The average Bonchev–Trinajstić information content (AvgIpc) is 3.25. The van der Waals surface area contributed by atoms with E-state index in [-0.39, 0.29) is 5.97 Å². The van der Waals surface area contributed by atoms with E-state index in [2.05, 4.69) is 0 Å². The fraction of sp³-hybridized carbons (Fsp3) is 0.833. The van der Waals surface area contributed by atoms with Crippen molar-refractivity contribution in [3.05, 3.63) is 0 Å². The number of carbonyl (C=O) groups is 3. The van der Waals surface area contributed by atoms with E-state index >= 15 is 0 Å². The van der Waals surface area contributed by atoms with Crippen LogP contribution in [0.25, 0.3) is 0 Å². The monoisotopic (exact) mass is 451 g/mol. The van der Waals surface area contributed by atoms with Crippen LogP contribution in [0.4, 0.5) is 4.79 Å². The van der Waals surface area contributed by atoms with Gasteiger partial charge >= 0.3 is 18.0 Å². The number of nitrogens with zero attached hydrogens (tertiary/aromatic N) is 1. The van der Waals surface area contributed by atoms with Crippen LogP contribution < -0.4 is 0 Å². The molecular weight excluding hydrogens is 422 g/mol. The quantitative estimate of drug-likeness (QED) is 0.235. The summed E-state index contributed by atoms with van der Waals surface area (Å²) in [4.78, 5) is 37.8. The van der Waals surface area contributed by atoms with Gasteiger partial charge in [-0.2, -0.15) is 0 Å². The van der Waals surface area contributed by atoms with E-state index in [0.29, 0.717) is 17.5 Å². The standard InChI is InChI=1S/C18H29NO6S3/c1-12(24-14(20)8-6-5-7-13-9-10-27-28-13)25-17(22)19-11-26-18(2,3)15(19)16(21)23-4/h12-13,15H,5-11H2,1-4H3/t12?,13-,15?/m0/s1. The van der Waals surface area contributed by atoms with E-state index < -0.39 is 29.1 Å². The fourth-order valence-corrected chi connectivity index (χ4v) is 7.26. The Labute approximate surface area is 178 Å². The molecule has 28 heavy (non-hydrogen) atoms. The summed E-state index contributed by atoms with van der Waals surface area (Å²) in [5, 5.41) is 0.700. The molecule has 2 aliphatic heterocycles. The highest BCUT2D eigenvalue weighted by Gasteiger charge is 2.49. The van der Waals surface area contributed by atoms with E-state index in [1.807, 2.05) is 35.4 Å². The zero-order valence-electron chi connectivity index (χ0n) is 16.8. The maximum Gasteiger partial charge on any atom is 0.414 e. The van der Waals surface area contributed by atoms with Gasteiger partial charge in [0.2, 0.25) is 6.29 Å². The van der Waals surface area contributed by atoms with E-state index in [9.17, 15) is 14.4 Å². The van der Waals surface area contributed by atoms with Crippen LogP contribution in [0.5, 0.6) is 0 Å². The Morgan fingerprint density at radius 2 is 1.96 bits per heavy atom. The van der Waals surface area contributed by atoms with Crippen molar-refractivity contribution in [3.63, 3.8) is 0 Å². The molecule has 160 valence electrons. The average molecular weight is 452 g/mol. The van der Waals surface area contributed by atoms with Crippen molar-refractivity contribution in [1.82, 2.24) is 4.90 Å². The highest BCUT2D eigenvalue weighted by molar-refractivity contribution is 8.77. The third-order valence-electron chi connectivity index (χ3n) is 4.65. The zero-order valence-corrected chi connectivity index (χ0v) is 19.3. The first-order valence-electron chi connectivity index (χ1n) is 9.41. The summed E-state index contributed by atoms with van der Waals surface area (Å²) in [6.45, 7) is 5.25. The van der Waals surface area contributed by atoms with Gasteiger partial charge in [-0.05, 0) is 33.1 Å². The summed E-state index contributed by atoms with van der Waals surface area (Å²) in [7, 11) is 5.15. The van der Waals surface area contributed by atoms with Gasteiger partial charge in [-0.25, -0.2) is 9.59 Å². The lowest BCUT2D eigenvalue weighted by atomic mass is 10.0. The molecule has 0 aromatic heterocycles. The third-order valence-corrected chi connectivity index (χ3v) is 9.03. The molecule has 2 heterocycles. The van der Waals surface area contributed by atoms with Gasteiger partial charge < -0.3 is 14.2 Å². The molecule has 7 nitrogen and oxygen atoms in total. The minimum absolute atomic E-state index is 0.309. The van der Waals surface area contributed by atoms with Gasteiger partial charge in [-0.1, -0.05) is 28.0 Å². The molecule has 0 radical (unpaired) electrons. The van der Waals surface area contributed by atoms with Gasteiger partial charge in [-0.3, -0.25) is 9.69 Å². The number of hydrogen-bond donors (Lipinski definition) is 0. The first-order valence-corrected chi connectivity index (χ1v) is 12.8. The summed E-state index contributed by atoms with van der Waals surface area (Å²) in [5.41, 5.74) is 0. The highest BCUT2D eigenvalue weighted by atomic mass is 33.1. The summed E-state index contributed by atoms with van der Waals surface area (Å²) in [5.74, 6) is 0.651. The number of ether oxygens (including phenoxy) is 3. The number of amides is 1. The molecular formula is C18H29NO6S3. The van der Waals surface area contributed by atoms with E-state index in [4.69, 9.17) is 14.2 Å². The largest absolute Gasteiger partial charge is 0.467 e. The van der Waals surface area contributed by atoms with Crippen molar-refractivity contribution in [2.45, 2.75) is 75.2 Å². The second-order valence-electron chi connectivity index (χ2n) is 7.29. The molecule has 10 heteroatoms. The lowest BCUT2D eigenvalue weighted by molar-refractivity contribution is -0.167. The molecule has 0 bridgehead atoms. The van der Waals surface area contributed by atoms with Crippen molar-refractivity contribution >= 4 is 51.4 Å². The number of unbranched alkanes of at least 4 members (excludes halogenated alkanes) is 1. The van der Waals surface area contributed by atoms with Gasteiger partial charge in [0.25, 0.3) is 0 Å². The van der Waals surface area contributed by atoms with Crippen LogP contribution in [0.3, 0.4) is 0 Å². The third kappa shape index (κ3) is 6.66. The fourth-order valence-electron chi connectivity index (χ4n) is 3.13. The van der Waals surface area contributed by atoms with E-state index in [1.54, 1.807) is 0 Å². The molecule has 2 aliphatic rings. The molecule has 0 aromatic rings. The Kier molecular flexibility index (Phi) is 9.14. The second-order valence-corrected chi connectivity index (χ2v) is 11.7. The zero-order chi connectivity index (χ0) is 20.7. The van der Waals surface area contributed by atoms with Crippen molar-refractivity contribution in [1.29, 1.82) is 0 Å². The minimum atomic E-state index is -1.01. The molecule has 0 spiro atoms. The smallest absolute Gasteiger partial charge is 0.414 e. The maximum absolute atomic E-state index is 12.5. The van der Waals surface area contributed by atoms with Gasteiger partial charge in [-0.15, -0.1) is 11.8 Å². The molecule has 2 saturated heterocycles. The molecule has 0 saturated carbocycles. The van der Waals surface area contributed by atoms with Gasteiger partial charge in [0.05, 0.1) is 13.0 Å². The van der Waals surface area contributed by atoms with Crippen LogP contribution in [0, 0.1) is 0 Å². The molecule has 2 rings (SSSR count). The van der Waals surface area contributed by atoms with Crippen molar-refractivity contribution in [2.24, 2.45) is 0 Å². The first kappa shape index (κ1) is 23.5. The molecule has 2 fully saturated rings. The summed E-state index contributed by atoms with van der Waals surface area (Å²) in [6, 6.07) is -0.746. The summed E-state index contributed by atoms with van der Waals surface area (Å²) in [6.07, 6.45) is 2.73. The van der Waals surface area contributed by atoms with Gasteiger partial charge in [0.15, 0.2) is 0 Å². The molecule has 2 unspecified atom stereocenters. The molecule has 3 atom stereocenters. The van der Waals surface area contributed by atoms with Crippen molar-refractivity contribution in [2.75, 3.05) is 18.7 Å². The summed E-state index contributed by atoms with van der Waals surface area (Å²) < 4.78 is 14.8. The number of methoxy groups -OCH3 is 1. The maximum atomic E-state index is 12.5. The Balaban J connectivity index is 1.72. The van der Waals surface area contributed by atoms with Crippen molar-refractivity contribution in [3.8, 4) is 0 Å². The Morgan fingerprint density at radius 1 is 1.21 bits per heavy atom. The van der Waals surface area contributed by atoms with Crippen LogP contribution >= 0.6 is 33.3 Å². The van der Waals surface area contributed by atoms with E-state index in [1.165, 1.54) is 42.9 Å². The highest BCUT2D eigenvalue weighted by Crippen LogP contribution is 2.40. The number of rotatable bonds is 8. The second kappa shape index (κ2) is 10.9.